The van der Waals surface area contributed by atoms with Crippen LogP contribution in [0.15, 0.2) is 48.5 Å². The first kappa shape index (κ1) is 15.3. The van der Waals surface area contributed by atoms with E-state index in [9.17, 15) is 4.79 Å². The van der Waals surface area contributed by atoms with Crippen LogP contribution < -0.4 is 0 Å². The molecule has 0 saturated heterocycles. The van der Waals surface area contributed by atoms with Gasteiger partial charge in [-0.2, -0.15) is 0 Å². The number of imidazole rings is 1. The second kappa shape index (κ2) is 6.65. The maximum absolute atomic E-state index is 11.6. The van der Waals surface area contributed by atoms with Crippen molar-refractivity contribution >= 4 is 17.0 Å². The third-order valence-corrected chi connectivity index (χ3v) is 3.95. The molecule has 1 aromatic heterocycles. The highest BCUT2D eigenvalue weighted by Gasteiger charge is 2.13. The number of aromatic nitrogens is 2. The number of ether oxygens (including phenoxy) is 1. The lowest BCUT2D eigenvalue weighted by atomic mass is 10.1. The monoisotopic (exact) mass is 308 g/mol. The largest absolute Gasteiger partial charge is 0.465 e. The van der Waals surface area contributed by atoms with Crippen molar-refractivity contribution < 1.29 is 9.53 Å². The van der Waals surface area contributed by atoms with Crippen LogP contribution in [0.1, 0.15) is 30.1 Å². The van der Waals surface area contributed by atoms with Crippen LogP contribution >= 0.6 is 0 Å². The lowest BCUT2D eigenvalue weighted by Crippen LogP contribution is -2.02. The quantitative estimate of drug-likeness (QED) is 0.660. The Labute approximate surface area is 135 Å². The predicted molar refractivity (Wildman–Crippen MR) is 91.4 cm³/mol. The number of hydrogen-bond donors (Lipinski definition) is 0. The molecule has 3 aromatic rings. The summed E-state index contributed by atoms with van der Waals surface area (Å²) in [5.74, 6) is 0.618. The molecule has 23 heavy (non-hydrogen) atoms. The molecule has 0 amide bonds. The minimum absolute atomic E-state index is 0.323. The number of aryl methyl sites for hydroxylation is 1. The van der Waals surface area contributed by atoms with Crippen molar-refractivity contribution in [1.82, 2.24) is 9.55 Å². The van der Waals surface area contributed by atoms with Crippen LogP contribution in [0.4, 0.5) is 0 Å². The lowest BCUT2D eigenvalue weighted by molar-refractivity contribution is 0.0601. The maximum atomic E-state index is 11.6. The van der Waals surface area contributed by atoms with Crippen LogP contribution in [0.2, 0.25) is 0 Å². The van der Waals surface area contributed by atoms with E-state index >= 15 is 0 Å². The van der Waals surface area contributed by atoms with Crippen LogP contribution in [0, 0.1) is 0 Å². The molecule has 0 aliphatic heterocycles. The molecule has 0 aliphatic rings. The van der Waals surface area contributed by atoms with Gasteiger partial charge in [-0.15, -0.1) is 0 Å². The smallest absolute Gasteiger partial charge is 0.337 e. The Morgan fingerprint density at radius 3 is 2.57 bits per heavy atom. The minimum Gasteiger partial charge on any atom is -0.465 e. The summed E-state index contributed by atoms with van der Waals surface area (Å²) in [6.45, 7) is 3.12. The van der Waals surface area contributed by atoms with Gasteiger partial charge in [-0.1, -0.05) is 37.6 Å². The van der Waals surface area contributed by atoms with E-state index in [4.69, 9.17) is 9.72 Å². The van der Waals surface area contributed by atoms with Gasteiger partial charge in [0, 0.05) is 12.1 Å². The number of methoxy groups -OCH3 is 1. The molecular weight excluding hydrogens is 288 g/mol. The number of nitrogens with zero attached hydrogens (tertiary/aromatic N) is 2. The van der Waals surface area contributed by atoms with Gasteiger partial charge in [0.25, 0.3) is 0 Å². The van der Waals surface area contributed by atoms with Crippen molar-refractivity contribution in [3.05, 3.63) is 54.1 Å². The van der Waals surface area contributed by atoms with Gasteiger partial charge >= 0.3 is 5.97 Å². The number of fused-ring (bicyclic) bond motifs is 1. The van der Waals surface area contributed by atoms with Gasteiger partial charge in [0.1, 0.15) is 5.82 Å². The Hall–Kier alpha value is -2.62. The zero-order valence-corrected chi connectivity index (χ0v) is 13.5. The Bertz CT molecular complexity index is 819. The van der Waals surface area contributed by atoms with Crippen molar-refractivity contribution in [1.29, 1.82) is 0 Å². The predicted octanol–water partition coefficient (Wildman–Crippen LogP) is 4.29. The van der Waals surface area contributed by atoms with E-state index in [1.54, 1.807) is 12.1 Å². The van der Waals surface area contributed by atoms with E-state index < -0.39 is 0 Å². The highest BCUT2D eigenvalue weighted by molar-refractivity contribution is 5.90. The Kier molecular flexibility index (Phi) is 4.42. The molecule has 0 atom stereocenters. The Balaban J connectivity index is 2.06. The molecule has 118 valence electrons. The average molecular weight is 308 g/mol. The van der Waals surface area contributed by atoms with Crippen molar-refractivity contribution in [2.24, 2.45) is 0 Å². The summed E-state index contributed by atoms with van der Waals surface area (Å²) in [7, 11) is 1.39. The highest BCUT2D eigenvalue weighted by Crippen LogP contribution is 2.25. The van der Waals surface area contributed by atoms with E-state index in [-0.39, 0.29) is 5.97 Å². The SMILES string of the molecule is CCCCn1c(-c2ccc(C(=O)OC)cc2)nc2ccccc21. The molecule has 4 nitrogen and oxygen atoms in total. The molecule has 0 N–H and O–H groups in total. The summed E-state index contributed by atoms with van der Waals surface area (Å²) < 4.78 is 7.00. The summed E-state index contributed by atoms with van der Waals surface area (Å²) in [6, 6.07) is 15.6. The molecule has 2 aromatic carbocycles. The van der Waals surface area contributed by atoms with Crippen LogP contribution in [0.5, 0.6) is 0 Å². The molecular formula is C19H20N2O2. The number of carbonyl (C=O) groups excluding carboxylic acids is 1. The van der Waals surface area contributed by atoms with Gasteiger partial charge in [-0.25, -0.2) is 9.78 Å². The van der Waals surface area contributed by atoms with Crippen LogP contribution in [0.25, 0.3) is 22.4 Å². The van der Waals surface area contributed by atoms with Gasteiger partial charge in [-0.3, -0.25) is 0 Å². The van der Waals surface area contributed by atoms with Crippen molar-refractivity contribution in [2.45, 2.75) is 26.3 Å². The number of benzene rings is 2. The van der Waals surface area contributed by atoms with Gasteiger partial charge in [0.15, 0.2) is 0 Å². The summed E-state index contributed by atoms with van der Waals surface area (Å²) >= 11 is 0. The molecule has 0 spiro atoms. The molecule has 1 heterocycles. The molecule has 3 rings (SSSR count). The number of esters is 1. The first-order valence-corrected chi connectivity index (χ1v) is 7.88. The van der Waals surface area contributed by atoms with Gasteiger partial charge in [0.2, 0.25) is 0 Å². The Morgan fingerprint density at radius 2 is 1.87 bits per heavy atom. The fraction of sp³-hybridized carbons (Fsp3) is 0.263. The van der Waals surface area contributed by atoms with Gasteiger partial charge in [0.05, 0.1) is 23.7 Å². The second-order valence-electron chi connectivity index (χ2n) is 5.50. The topological polar surface area (TPSA) is 44.1 Å². The third-order valence-electron chi connectivity index (χ3n) is 3.95. The third kappa shape index (κ3) is 2.97. The van der Waals surface area contributed by atoms with E-state index in [2.05, 4.69) is 17.6 Å². The molecule has 0 aliphatic carbocycles. The zero-order chi connectivity index (χ0) is 16.2. The minimum atomic E-state index is -0.323. The lowest BCUT2D eigenvalue weighted by Gasteiger charge is -2.09. The van der Waals surface area contributed by atoms with E-state index in [0.717, 1.165) is 41.8 Å². The normalized spacial score (nSPS) is 10.9. The summed E-state index contributed by atoms with van der Waals surface area (Å²) in [5.41, 5.74) is 3.70. The van der Waals surface area contributed by atoms with Crippen LogP contribution in [-0.2, 0) is 11.3 Å². The summed E-state index contributed by atoms with van der Waals surface area (Å²) in [5, 5.41) is 0. The molecule has 0 unspecified atom stereocenters. The highest BCUT2D eigenvalue weighted by atomic mass is 16.5. The fourth-order valence-electron chi connectivity index (χ4n) is 2.71. The number of carbonyl (C=O) groups is 1. The molecule has 0 bridgehead atoms. The van der Waals surface area contributed by atoms with E-state index in [0.29, 0.717) is 5.56 Å². The Morgan fingerprint density at radius 1 is 1.13 bits per heavy atom. The molecule has 0 radical (unpaired) electrons. The van der Waals surface area contributed by atoms with Crippen molar-refractivity contribution in [3.63, 3.8) is 0 Å². The number of para-hydroxylation sites is 2. The van der Waals surface area contributed by atoms with Gasteiger partial charge < -0.3 is 9.30 Å². The number of hydrogen-bond acceptors (Lipinski definition) is 3. The van der Waals surface area contributed by atoms with Gasteiger partial charge in [-0.05, 0) is 30.7 Å². The summed E-state index contributed by atoms with van der Waals surface area (Å²) in [4.78, 5) is 16.3. The number of rotatable bonds is 5. The molecule has 0 fully saturated rings. The van der Waals surface area contributed by atoms with Crippen molar-refractivity contribution in [3.8, 4) is 11.4 Å². The van der Waals surface area contributed by atoms with E-state index in [1.807, 2.05) is 30.3 Å². The molecule has 0 saturated carbocycles. The number of unbranched alkanes of at least 4 members (excludes halogenated alkanes) is 1. The summed E-state index contributed by atoms with van der Waals surface area (Å²) in [6.07, 6.45) is 2.24. The molecule has 4 heteroatoms. The van der Waals surface area contributed by atoms with Crippen molar-refractivity contribution in [2.75, 3.05) is 7.11 Å². The second-order valence-corrected chi connectivity index (χ2v) is 5.50. The average Bonchev–Trinajstić information content (AvgIpc) is 2.98. The maximum Gasteiger partial charge on any atom is 0.337 e. The first-order valence-electron chi connectivity index (χ1n) is 7.88. The zero-order valence-electron chi connectivity index (χ0n) is 13.5. The van der Waals surface area contributed by atoms with Crippen LogP contribution in [0.3, 0.4) is 0 Å². The first-order chi connectivity index (χ1) is 11.2. The standard InChI is InChI=1S/C19H20N2O2/c1-3-4-13-21-17-8-6-5-7-16(17)20-18(21)14-9-11-15(12-10-14)19(22)23-2/h5-12H,3-4,13H2,1-2H3. The fourth-order valence-corrected chi connectivity index (χ4v) is 2.71. The van der Waals surface area contributed by atoms with E-state index in [1.165, 1.54) is 7.11 Å². The van der Waals surface area contributed by atoms with Crippen LogP contribution in [-0.4, -0.2) is 22.6 Å².